The minimum Gasteiger partial charge on any atom is -0.339 e. The van der Waals surface area contributed by atoms with Crippen LogP contribution in [-0.4, -0.2) is 49.1 Å². The van der Waals surface area contributed by atoms with Gasteiger partial charge in [0.1, 0.15) is 6.54 Å². The Morgan fingerprint density at radius 3 is 2.12 bits per heavy atom. The monoisotopic (exact) mass is 439 g/mol. The van der Waals surface area contributed by atoms with E-state index in [0.29, 0.717) is 28.5 Å². The summed E-state index contributed by atoms with van der Waals surface area (Å²) in [6.07, 6.45) is 3.44. The highest BCUT2D eigenvalue weighted by molar-refractivity contribution is 6.22. The molecule has 0 unspecified atom stereocenters. The Morgan fingerprint density at radius 2 is 1.52 bits per heavy atom. The van der Waals surface area contributed by atoms with Crippen LogP contribution in [0.1, 0.15) is 20.7 Å². The number of benzene rings is 2. The zero-order valence-electron chi connectivity index (χ0n) is 17.2. The molecule has 2 aromatic carbocycles. The van der Waals surface area contributed by atoms with Crippen LogP contribution in [0, 0.1) is 0 Å². The Hall–Kier alpha value is -4.86. The number of aromatic nitrogens is 4. The zero-order chi connectivity index (χ0) is 22.8. The van der Waals surface area contributed by atoms with Crippen molar-refractivity contribution >= 4 is 34.9 Å². The number of rotatable bonds is 6. The van der Waals surface area contributed by atoms with Crippen LogP contribution in [0.2, 0.25) is 0 Å². The van der Waals surface area contributed by atoms with Gasteiger partial charge in [-0.1, -0.05) is 12.1 Å². The van der Waals surface area contributed by atoms with Crippen molar-refractivity contribution in [2.75, 3.05) is 17.2 Å². The topological polar surface area (TPSA) is 122 Å². The lowest BCUT2D eigenvalue weighted by Crippen LogP contribution is -2.37. The Bertz CT molecular complexity index is 1300. The van der Waals surface area contributed by atoms with Crippen molar-refractivity contribution in [2.24, 2.45) is 0 Å². The van der Waals surface area contributed by atoms with E-state index in [2.05, 4.69) is 25.9 Å². The Labute approximate surface area is 187 Å². The van der Waals surface area contributed by atoms with Crippen molar-refractivity contribution < 1.29 is 14.4 Å². The summed E-state index contributed by atoms with van der Waals surface area (Å²) in [5.74, 6) is -0.254. The fourth-order valence-electron chi connectivity index (χ4n) is 3.43. The number of amides is 3. The first-order valence-corrected chi connectivity index (χ1v) is 10.0. The molecule has 3 amide bonds. The van der Waals surface area contributed by atoms with E-state index in [0.717, 1.165) is 10.6 Å². The number of nitrogens with one attached hydrogen (secondary N) is 2. The number of imide groups is 1. The summed E-state index contributed by atoms with van der Waals surface area (Å²) in [7, 11) is 0. The predicted octanol–water partition coefficient (Wildman–Crippen LogP) is 2.64. The molecule has 0 saturated heterocycles. The molecular formula is C23H17N7O3. The van der Waals surface area contributed by atoms with Gasteiger partial charge in [0.25, 0.3) is 11.8 Å². The summed E-state index contributed by atoms with van der Waals surface area (Å²) in [5, 5.41) is 18.2. The lowest BCUT2D eigenvalue weighted by Gasteiger charge is -2.14. The summed E-state index contributed by atoms with van der Waals surface area (Å²) in [6.45, 7) is -0.357. The summed E-state index contributed by atoms with van der Waals surface area (Å²) in [6, 6.07) is 18.8. The van der Waals surface area contributed by atoms with Crippen molar-refractivity contribution in [1.29, 1.82) is 0 Å². The molecule has 162 valence electrons. The standard InChI is InChI=1S/C23H17N7O3/c31-21(14-29-22(32)17-4-1-2-5-18(17)23(29)33)26-16-8-6-15(7-9-16)25-19-10-11-20(28-27-19)30-13-3-12-24-30/h1-13H,14H2,(H,25,27)(H,26,31). The molecule has 10 heteroatoms. The first-order valence-electron chi connectivity index (χ1n) is 10.0. The van der Waals surface area contributed by atoms with Crippen LogP contribution in [0.3, 0.4) is 0 Å². The number of nitrogens with zero attached hydrogens (tertiary/aromatic N) is 5. The van der Waals surface area contributed by atoms with Gasteiger partial charge >= 0.3 is 0 Å². The molecule has 0 fully saturated rings. The third-order valence-electron chi connectivity index (χ3n) is 5.01. The molecule has 1 aliphatic rings. The van der Waals surface area contributed by atoms with Crippen molar-refractivity contribution in [3.05, 3.63) is 90.3 Å². The molecular weight excluding hydrogens is 422 g/mol. The maximum Gasteiger partial charge on any atom is 0.262 e. The molecule has 0 saturated carbocycles. The minimum atomic E-state index is -0.468. The van der Waals surface area contributed by atoms with Crippen molar-refractivity contribution in [3.63, 3.8) is 0 Å². The van der Waals surface area contributed by atoms with Gasteiger partial charge in [-0.05, 0) is 54.6 Å². The summed E-state index contributed by atoms with van der Waals surface area (Å²) in [4.78, 5) is 38.2. The van der Waals surface area contributed by atoms with Gasteiger partial charge in [-0.3, -0.25) is 19.3 Å². The molecule has 5 rings (SSSR count). The van der Waals surface area contributed by atoms with E-state index in [9.17, 15) is 14.4 Å². The van der Waals surface area contributed by atoms with Crippen molar-refractivity contribution in [1.82, 2.24) is 24.9 Å². The zero-order valence-corrected chi connectivity index (χ0v) is 17.2. The van der Waals surface area contributed by atoms with Gasteiger partial charge in [0.05, 0.1) is 11.1 Å². The molecule has 4 aromatic rings. The molecule has 0 spiro atoms. The summed E-state index contributed by atoms with van der Waals surface area (Å²) >= 11 is 0. The molecule has 0 radical (unpaired) electrons. The first kappa shape index (κ1) is 20.1. The third kappa shape index (κ3) is 4.04. The number of carbonyl (C=O) groups is 3. The van der Waals surface area contributed by atoms with Gasteiger partial charge in [0.15, 0.2) is 11.6 Å². The Morgan fingerprint density at radius 1 is 0.818 bits per heavy atom. The van der Waals surface area contributed by atoms with E-state index in [1.165, 1.54) is 0 Å². The molecule has 0 aliphatic carbocycles. The van der Waals surface area contributed by atoms with Crippen LogP contribution in [-0.2, 0) is 4.79 Å². The average Bonchev–Trinajstić information content (AvgIpc) is 3.45. The molecule has 2 aromatic heterocycles. The van der Waals surface area contributed by atoms with Crippen LogP contribution < -0.4 is 10.6 Å². The molecule has 10 nitrogen and oxygen atoms in total. The minimum absolute atomic E-state index is 0.312. The van der Waals surface area contributed by atoms with E-state index in [-0.39, 0.29) is 6.54 Å². The maximum absolute atomic E-state index is 12.4. The highest BCUT2D eigenvalue weighted by Gasteiger charge is 2.36. The number of hydrogen-bond acceptors (Lipinski definition) is 7. The lowest BCUT2D eigenvalue weighted by molar-refractivity contribution is -0.116. The molecule has 33 heavy (non-hydrogen) atoms. The van der Waals surface area contributed by atoms with Crippen LogP contribution >= 0.6 is 0 Å². The van der Waals surface area contributed by atoms with E-state index in [1.807, 2.05) is 0 Å². The second-order valence-corrected chi connectivity index (χ2v) is 7.22. The number of hydrogen-bond donors (Lipinski definition) is 2. The van der Waals surface area contributed by atoms with E-state index in [4.69, 9.17) is 0 Å². The predicted molar refractivity (Wildman–Crippen MR) is 119 cm³/mol. The number of anilines is 3. The Balaban J connectivity index is 1.18. The van der Waals surface area contributed by atoms with E-state index >= 15 is 0 Å². The molecule has 0 atom stereocenters. The van der Waals surface area contributed by atoms with Crippen LogP contribution in [0.4, 0.5) is 17.2 Å². The summed E-state index contributed by atoms with van der Waals surface area (Å²) in [5.41, 5.74) is 1.90. The second kappa shape index (κ2) is 8.35. The number of carbonyl (C=O) groups excluding carboxylic acids is 3. The van der Waals surface area contributed by atoms with Crippen LogP contribution in [0.25, 0.3) is 5.82 Å². The smallest absolute Gasteiger partial charge is 0.262 e. The van der Waals surface area contributed by atoms with Gasteiger partial charge in [-0.2, -0.15) is 5.10 Å². The van der Waals surface area contributed by atoms with E-state index in [1.54, 1.807) is 83.8 Å². The Kier molecular flexibility index (Phi) is 5.07. The second-order valence-electron chi connectivity index (χ2n) is 7.22. The van der Waals surface area contributed by atoms with Gasteiger partial charge in [0, 0.05) is 23.8 Å². The molecule has 1 aliphatic heterocycles. The highest BCUT2D eigenvalue weighted by Crippen LogP contribution is 2.22. The number of fused-ring (bicyclic) bond motifs is 1. The maximum atomic E-state index is 12.4. The van der Waals surface area contributed by atoms with Gasteiger partial charge < -0.3 is 10.6 Å². The fourth-order valence-corrected chi connectivity index (χ4v) is 3.43. The quantitative estimate of drug-likeness (QED) is 0.443. The largest absolute Gasteiger partial charge is 0.339 e. The van der Waals surface area contributed by atoms with Crippen molar-refractivity contribution in [3.8, 4) is 5.82 Å². The summed E-state index contributed by atoms with van der Waals surface area (Å²) < 4.78 is 1.61. The average molecular weight is 439 g/mol. The van der Waals surface area contributed by atoms with Gasteiger partial charge in [-0.15, -0.1) is 10.2 Å². The lowest BCUT2D eigenvalue weighted by atomic mass is 10.1. The normalized spacial score (nSPS) is 12.5. The molecule has 3 heterocycles. The van der Waals surface area contributed by atoms with Crippen molar-refractivity contribution in [2.45, 2.75) is 0 Å². The van der Waals surface area contributed by atoms with Gasteiger partial charge in [0.2, 0.25) is 5.91 Å². The first-order chi connectivity index (χ1) is 16.1. The van der Waals surface area contributed by atoms with Crippen LogP contribution in [0.15, 0.2) is 79.1 Å². The highest BCUT2D eigenvalue weighted by atomic mass is 16.2. The van der Waals surface area contributed by atoms with Crippen LogP contribution in [0.5, 0.6) is 0 Å². The third-order valence-corrected chi connectivity index (χ3v) is 5.01. The molecule has 0 bridgehead atoms. The van der Waals surface area contributed by atoms with Gasteiger partial charge in [-0.25, -0.2) is 4.68 Å². The SMILES string of the molecule is O=C(CN1C(=O)c2ccccc2C1=O)Nc1ccc(Nc2ccc(-n3cccn3)nn2)cc1. The van der Waals surface area contributed by atoms with E-state index < -0.39 is 17.7 Å². The molecule has 2 N–H and O–H groups in total. The fraction of sp³-hybridized carbons (Fsp3) is 0.0435.